The topological polar surface area (TPSA) is 61.8 Å². The number of alkyl halides is 1. The lowest BCUT2D eigenvalue weighted by molar-refractivity contribution is -0.157. The van der Waals surface area contributed by atoms with Crippen molar-refractivity contribution >= 4 is 29.3 Å². The Morgan fingerprint density at radius 2 is 1.04 bits per heavy atom. The number of benzene rings is 4. The Bertz CT molecular complexity index is 1510. The van der Waals surface area contributed by atoms with Gasteiger partial charge in [-0.25, -0.2) is 0 Å². The van der Waals surface area contributed by atoms with Gasteiger partial charge in [-0.15, -0.1) is 0 Å². The first-order chi connectivity index (χ1) is 26.5. The van der Waals surface area contributed by atoms with Crippen molar-refractivity contribution in [3.05, 3.63) is 144 Å². The predicted octanol–water partition coefficient (Wildman–Crippen LogP) is 13.3. The minimum atomic E-state index is -3.12. The van der Waals surface area contributed by atoms with Crippen LogP contribution >= 0.6 is 23.3 Å². The van der Waals surface area contributed by atoms with Crippen LogP contribution in [-0.2, 0) is 35.1 Å². The van der Waals surface area contributed by atoms with Crippen molar-refractivity contribution in [2.75, 3.05) is 24.7 Å². The quantitative estimate of drug-likeness (QED) is 0.0188. The summed E-state index contributed by atoms with van der Waals surface area (Å²) in [4.78, 5) is 13.4. The fraction of sp³-hybridized carbons (Fsp3) is 0.468. The second kappa shape index (κ2) is 25.2. The molecule has 0 spiro atoms. The second-order valence-electron chi connectivity index (χ2n) is 14.4. The Morgan fingerprint density at radius 3 is 1.48 bits per heavy atom. The van der Waals surface area contributed by atoms with Crippen LogP contribution in [0, 0.1) is 0 Å². The molecule has 292 valence electrons. The first-order valence-electron chi connectivity index (χ1n) is 20.3. The summed E-state index contributed by atoms with van der Waals surface area (Å²) in [5.74, 6) is -0.279. The fourth-order valence-corrected chi connectivity index (χ4v) is 10.5. The van der Waals surface area contributed by atoms with E-state index in [1.807, 2.05) is 84.9 Å². The number of unbranched alkanes of at least 4 members (excludes halogenated alkanes) is 12. The van der Waals surface area contributed by atoms with Gasteiger partial charge in [-0.3, -0.25) is 9.36 Å². The van der Waals surface area contributed by atoms with Crippen molar-refractivity contribution in [3.63, 3.8) is 0 Å². The number of carbonyl (C=O) groups is 1. The molecule has 0 aliphatic carbocycles. The smallest absolute Gasteiger partial charge is 0.306 e. The van der Waals surface area contributed by atoms with E-state index in [0.717, 1.165) is 41.5 Å². The number of carbonyl (C=O) groups excluding carboxylic acids is 1. The van der Waals surface area contributed by atoms with Gasteiger partial charge in [0.25, 0.3) is 0 Å². The molecule has 0 radical (unpaired) electrons. The SMILES string of the molecule is CCCCCCCCCCCCCCCC(=O)OC(COC(c1ccccc1)(c1ccccc1)c1ccccc1)COP(=O)(CCBr)Cc1ccccc1. The first kappa shape index (κ1) is 43.7. The van der Waals surface area contributed by atoms with E-state index in [1.54, 1.807) is 0 Å². The van der Waals surface area contributed by atoms with Gasteiger partial charge in [0.2, 0.25) is 7.37 Å². The Kier molecular flexibility index (Phi) is 20.4. The number of rotatable bonds is 28. The minimum absolute atomic E-state index is 0.0318. The average molecular weight is 818 g/mol. The molecular formula is C47H62BrO5P. The molecule has 0 aliphatic rings. The molecule has 4 rings (SSSR count). The minimum Gasteiger partial charge on any atom is -0.457 e. The van der Waals surface area contributed by atoms with Crippen LogP contribution in [0.2, 0.25) is 0 Å². The molecule has 0 N–H and O–H groups in total. The number of esters is 1. The van der Waals surface area contributed by atoms with Crippen molar-refractivity contribution in [1.29, 1.82) is 0 Å². The maximum Gasteiger partial charge on any atom is 0.306 e. The third-order valence-corrected chi connectivity index (χ3v) is 13.4. The number of ether oxygens (including phenoxy) is 2. The Labute approximate surface area is 334 Å². The fourth-order valence-electron chi connectivity index (χ4n) is 7.03. The molecule has 2 atom stereocenters. The van der Waals surface area contributed by atoms with Gasteiger partial charge in [-0.1, -0.05) is 221 Å². The standard InChI is InChI=1S/C47H62BrO5P/c1-2-3-4-5-6-7-8-9-10-11-12-13-26-35-46(49)53-45(39-52-54(50,37-36-48)40-41-27-18-14-19-28-41)38-51-47(42-29-20-15-21-30-42,43-31-22-16-23-32-43)44-33-24-17-25-34-44/h14-25,27-34,45H,2-13,26,35-40H2,1H3. The molecule has 4 aromatic carbocycles. The van der Waals surface area contributed by atoms with Crippen LogP contribution in [0.25, 0.3) is 0 Å². The predicted molar refractivity (Wildman–Crippen MR) is 228 cm³/mol. The monoisotopic (exact) mass is 816 g/mol. The molecule has 0 saturated carbocycles. The summed E-state index contributed by atoms with van der Waals surface area (Å²) < 4.78 is 33.7. The van der Waals surface area contributed by atoms with Crippen LogP contribution in [0.5, 0.6) is 0 Å². The van der Waals surface area contributed by atoms with E-state index in [9.17, 15) is 9.36 Å². The first-order valence-corrected chi connectivity index (χ1v) is 23.4. The zero-order valence-electron chi connectivity index (χ0n) is 32.4. The van der Waals surface area contributed by atoms with E-state index < -0.39 is 19.1 Å². The van der Waals surface area contributed by atoms with Gasteiger partial charge in [0.05, 0.1) is 13.2 Å². The number of hydrogen-bond acceptors (Lipinski definition) is 5. The van der Waals surface area contributed by atoms with Crippen molar-refractivity contribution in [1.82, 2.24) is 0 Å². The van der Waals surface area contributed by atoms with Gasteiger partial charge >= 0.3 is 5.97 Å². The van der Waals surface area contributed by atoms with Crippen LogP contribution in [0.15, 0.2) is 121 Å². The van der Waals surface area contributed by atoms with Gasteiger partial charge in [0.15, 0.2) is 0 Å². The Balaban J connectivity index is 1.44. The third-order valence-electron chi connectivity index (χ3n) is 10.00. The van der Waals surface area contributed by atoms with Crippen LogP contribution in [0.3, 0.4) is 0 Å². The highest BCUT2D eigenvalue weighted by Crippen LogP contribution is 2.50. The Hall–Kier alpha value is -3.02. The van der Waals surface area contributed by atoms with E-state index in [2.05, 4.69) is 59.3 Å². The van der Waals surface area contributed by atoms with E-state index in [4.69, 9.17) is 14.0 Å². The van der Waals surface area contributed by atoms with E-state index in [0.29, 0.717) is 24.1 Å². The van der Waals surface area contributed by atoms with Crippen LogP contribution in [-0.4, -0.2) is 36.8 Å². The number of halogens is 1. The maximum atomic E-state index is 14.2. The van der Waals surface area contributed by atoms with Gasteiger partial charge in [-0.05, 0) is 28.7 Å². The lowest BCUT2D eigenvalue weighted by Gasteiger charge is -2.37. The molecule has 0 aliphatic heterocycles. The molecule has 7 heteroatoms. The molecule has 0 fully saturated rings. The average Bonchev–Trinajstić information content (AvgIpc) is 3.20. The summed E-state index contributed by atoms with van der Waals surface area (Å²) in [6.45, 7) is 2.28. The molecule has 5 nitrogen and oxygen atoms in total. The lowest BCUT2D eigenvalue weighted by atomic mass is 9.80. The third kappa shape index (κ3) is 14.9. The zero-order chi connectivity index (χ0) is 38.2. The number of hydrogen-bond donors (Lipinski definition) is 0. The summed E-state index contributed by atoms with van der Waals surface area (Å²) in [6, 6.07) is 40.2. The largest absolute Gasteiger partial charge is 0.457 e. The molecular weight excluding hydrogens is 755 g/mol. The van der Waals surface area contributed by atoms with Crippen LogP contribution in [0.1, 0.15) is 119 Å². The summed E-state index contributed by atoms with van der Waals surface area (Å²) in [5, 5.41) is 0.538. The Morgan fingerprint density at radius 1 is 0.611 bits per heavy atom. The van der Waals surface area contributed by atoms with Gasteiger partial charge in [-0.2, -0.15) is 0 Å². The highest BCUT2D eigenvalue weighted by molar-refractivity contribution is 9.09. The van der Waals surface area contributed by atoms with Gasteiger partial charge < -0.3 is 14.0 Å². The molecule has 54 heavy (non-hydrogen) atoms. The van der Waals surface area contributed by atoms with Crippen LogP contribution in [0.4, 0.5) is 0 Å². The zero-order valence-corrected chi connectivity index (χ0v) is 34.9. The molecule has 0 amide bonds. The lowest BCUT2D eigenvalue weighted by Crippen LogP contribution is -2.38. The molecule has 0 aromatic heterocycles. The molecule has 0 heterocycles. The highest BCUT2D eigenvalue weighted by atomic mass is 79.9. The van der Waals surface area contributed by atoms with Crippen LogP contribution < -0.4 is 0 Å². The maximum absolute atomic E-state index is 14.2. The van der Waals surface area contributed by atoms with Crippen molar-refractivity contribution in [3.8, 4) is 0 Å². The van der Waals surface area contributed by atoms with E-state index >= 15 is 0 Å². The normalized spacial score (nSPS) is 13.3. The van der Waals surface area contributed by atoms with Crippen molar-refractivity contribution in [2.45, 2.75) is 115 Å². The summed E-state index contributed by atoms with van der Waals surface area (Å²) in [5.41, 5.74) is 2.82. The molecule has 4 aromatic rings. The van der Waals surface area contributed by atoms with Gasteiger partial charge in [0.1, 0.15) is 11.7 Å². The second-order valence-corrected chi connectivity index (χ2v) is 17.8. The van der Waals surface area contributed by atoms with Crippen molar-refractivity contribution < 1.29 is 23.4 Å². The summed E-state index contributed by atoms with van der Waals surface area (Å²) in [7, 11) is -3.12. The molecule has 2 unspecified atom stereocenters. The summed E-state index contributed by atoms with van der Waals surface area (Å²) in [6.07, 6.45) is 16.4. The molecule has 0 bridgehead atoms. The summed E-state index contributed by atoms with van der Waals surface area (Å²) >= 11 is 3.49. The van der Waals surface area contributed by atoms with Crippen molar-refractivity contribution in [2.24, 2.45) is 0 Å². The highest BCUT2D eigenvalue weighted by Gasteiger charge is 2.39. The molecule has 0 saturated heterocycles. The van der Waals surface area contributed by atoms with Gasteiger partial charge in [0, 0.05) is 24.1 Å². The van der Waals surface area contributed by atoms with E-state index in [1.165, 1.54) is 64.2 Å². The van der Waals surface area contributed by atoms with E-state index in [-0.39, 0.29) is 19.2 Å².